The Bertz CT molecular complexity index is 653. The number of hydrogen-bond donors (Lipinski definition) is 2. The minimum atomic E-state index is -0.952. The van der Waals surface area contributed by atoms with E-state index in [0.29, 0.717) is 15.7 Å². The molecule has 0 saturated carbocycles. The van der Waals surface area contributed by atoms with Crippen LogP contribution in [-0.4, -0.2) is 26.8 Å². The number of aliphatic hydroxyl groups is 2. The SMILES string of the molecule is C=Cc1cnc(Cl)c(Cl)c1.OC[C@@H](O)c1cnc(Cl)c(Cl)c1. The highest BCUT2D eigenvalue weighted by Crippen LogP contribution is 2.22. The number of aliphatic hydroxyl groups excluding tert-OH is 2. The lowest BCUT2D eigenvalue weighted by Gasteiger charge is -2.06. The molecule has 118 valence electrons. The van der Waals surface area contributed by atoms with Crippen molar-refractivity contribution in [2.24, 2.45) is 0 Å². The molecule has 2 N–H and O–H groups in total. The molecule has 2 aromatic rings. The molecule has 0 bridgehead atoms. The van der Waals surface area contributed by atoms with Crippen LogP contribution in [0.4, 0.5) is 0 Å². The molecule has 22 heavy (non-hydrogen) atoms. The molecular formula is C14H12Cl4N2O2. The largest absolute Gasteiger partial charge is 0.393 e. The summed E-state index contributed by atoms with van der Waals surface area (Å²) >= 11 is 22.4. The van der Waals surface area contributed by atoms with Gasteiger partial charge in [-0.15, -0.1) is 0 Å². The van der Waals surface area contributed by atoms with Crippen LogP contribution in [0.15, 0.2) is 31.1 Å². The summed E-state index contributed by atoms with van der Waals surface area (Å²) < 4.78 is 0. The standard InChI is InChI=1S/C7H7Cl2NO2.C7H5Cl2N/c8-5-1-4(6(12)3-11)2-10-7(5)9;1-2-5-3-6(8)7(9)10-4-5/h1-2,6,11-12H,3H2;2-4H,1H2/t6-;/m1./s1. The van der Waals surface area contributed by atoms with E-state index in [-0.39, 0.29) is 16.8 Å². The Hall–Kier alpha value is -0.880. The Labute approximate surface area is 148 Å². The molecule has 1 atom stereocenters. The molecule has 0 radical (unpaired) electrons. The lowest BCUT2D eigenvalue weighted by atomic mass is 10.2. The van der Waals surface area contributed by atoms with E-state index in [0.717, 1.165) is 5.56 Å². The number of rotatable bonds is 3. The zero-order valence-corrected chi connectivity index (χ0v) is 14.2. The Morgan fingerprint density at radius 2 is 1.59 bits per heavy atom. The summed E-state index contributed by atoms with van der Waals surface area (Å²) in [5, 5.41) is 19.0. The molecule has 4 nitrogen and oxygen atoms in total. The maximum atomic E-state index is 9.15. The van der Waals surface area contributed by atoms with Crippen LogP contribution in [0.5, 0.6) is 0 Å². The van der Waals surface area contributed by atoms with Crippen molar-refractivity contribution in [1.29, 1.82) is 0 Å². The summed E-state index contributed by atoms with van der Waals surface area (Å²) in [6, 6.07) is 3.18. The molecule has 2 aromatic heterocycles. The van der Waals surface area contributed by atoms with Gasteiger partial charge >= 0.3 is 0 Å². The van der Waals surface area contributed by atoms with Crippen LogP contribution < -0.4 is 0 Å². The molecule has 0 fully saturated rings. The third kappa shape index (κ3) is 5.72. The summed E-state index contributed by atoms with van der Waals surface area (Å²) in [4.78, 5) is 7.52. The molecule has 0 aliphatic rings. The highest BCUT2D eigenvalue weighted by Gasteiger charge is 2.08. The average molecular weight is 382 g/mol. The Morgan fingerprint density at radius 1 is 1.05 bits per heavy atom. The second kappa shape index (κ2) is 9.30. The van der Waals surface area contributed by atoms with Crippen molar-refractivity contribution >= 4 is 52.5 Å². The second-order valence-electron chi connectivity index (χ2n) is 3.99. The van der Waals surface area contributed by atoms with Gasteiger partial charge in [-0.3, -0.25) is 0 Å². The first-order valence-corrected chi connectivity index (χ1v) is 7.43. The van der Waals surface area contributed by atoms with E-state index in [1.54, 1.807) is 18.3 Å². The maximum Gasteiger partial charge on any atom is 0.147 e. The van der Waals surface area contributed by atoms with Gasteiger partial charge in [0.1, 0.15) is 16.4 Å². The van der Waals surface area contributed by atoms with E-state index in [1.807, 2.05) is 0 Å². The third-order valence-electron chi connectivity index (χ3n) is 2.43. The van der Waals surface area contributed by atoms with Crippen LogP contribution in [0.1, 0.15) is 17.2 Å². The van der Waals surface area contributed by atoms with Crippen molar-refractivity contribution in [3.63, 3.8) is 0 Å². The van der Waals surface area contributed by atoms with Gasteiger partial charge in [0.25, 0.3) is 0 Å². The van der Waals surface area contributed by atoms with Crippen LogP contribution in [0.2, 0.25) is 20.4 Å². The summed E-state index contributed by atoms with van der Waals surface area (Å²) in [6.07, 6.45) is 3.69. The van der Waals surface area contributed by atoms with Gasteiger partial charge in [-0.05, 0) is 17.7 Å². The molecule has 2 rings (SSSR count). The van der Waals surface area contributed by atoms with Crippen molar-refractivity contribution in [3.05, 3.63) is 62.6 Å². The van der Waals surface area contributed by atoms with Crippen LogP contribution in [-0.2, 0) is 0 Å². The Kier molecular flexibility index (Phi) is 8.10. The molecule has 2 heterocycles. The molecule has 0 unspecified atom stereocenters. The fraction of sp³-hybridized carbons (Fsp3) is 0.143. The van der Waals surface area contributed by atoms with Crippen molar-refractivity contribution in [1.82, 2.24) is 9.97 Å². The first kappa shape index (κ1) is 19.2. The Morgan fingerprint density at radius 3 is 2.05 bits per heavy atom. The third-order valence-corrected chi connectivity index (χ3v) is 3.80. The van der Waals surface area contributed by atoms with Gasteiger partial charge in [-0.1, -0.05) is 59.1 Å². The maximum absolute atomic E-state index is 9.15. The minimum absolute atomic E-state index is 0.186. The van der Waals surface area contributed by atoms with Crippen LogP contribution in [0, 0.1) is 0 Å². The van der Waals surface area contributed by atoms with E-state index < -0.39 is 6.10 Å². The van der Waals surface area contributed by atoms with Gasteiger partial charge < -0.3 is 10.2 Å². The van der Waals surface area contributed by atoms with Gasteiger partial charge in [0, 0.05) is 18.0 Å². The number of aromatic nitrogens is 2. The van der Waals surface area contributed by atoms with Crippen molar-refractivity contribution < 1.29 is 10.2 Å². The number of halogens is 4. The Balaban J connectivity index is 0.000000224. The van der Waals surface area contributed by atoms with Crippen molar-refractivity contribution in [2.45, 2.75) is 6.10 Å². The number of pyridine rings is 2. The quantitative estimate of drug-likeness (QED) is 0.771. The number of nitrogens with zero attached hydrogens (tertiary/aromatic N) is 2. The van der Waals surface area contributed by atoms with Gasteiger partial charge in [-0.25, -0.2) is 9.97 Å². The predicted molar refractivity (Wildman–Crippen MR) is 90.7 cm³/mol. The lowest BCUT2D eigenvalue weighted by Crippen LogP contribution is -2.02. The van der Waals surface area contributed by atoms with Gasteiger partial charge in [0.2, 0.25) is 0 Å². The van der Waals surface area contributed by atoms with Crippen molar-refractivity contribution in [2.75, 3.05) is 6.61 Å². The topological polar surface area (TPSA) is 66.2 Å². The summed E-state index contributed by atoms with van der Waals surface area (Å²) in [6.45, 7) is 3.20. The van der Waals surface area contributed by atoms with Gasteiger partial charge in [0.15, 0.2) is 0 Å². The highest BCUT2D eigenvalue weighted by molar-refractivity contribution is 6.41. The minimum Gasteiger partial charge on any atom is -0.393 e. The molecule has 0 saturated heterocycles. The predicted octanol–water partition coefficient (Wildman–Crippen LogP) is 4.45. The normalized spacial score (nSPS) is 11.4. The first-order valence-electron chi connectivity index (χ1n) is 5.92. The summed E-state index contributed by atoms with van der Waals surface area (Å²) in [5.74, 6) is 0. The summed E-state index contributed by atoms with van der Waals surface area (Å²) in [7, 11) is 0. The highest BCUT2D eigenvalue weighted by atomic mass is 35.5. The zero-order valence-electron chi connectivity index (χ0n) is 11.2. The van der Waals surface area contributed by atoms with Crippen molar-refractivity contribution in [3.8, 4) is 0 Å². The van der Waals surface area contributed by atoms with E-state index in [4.69, 9.17) is 56.6 Å². The van der Waals surface area contributed by atoms with E-state index >= 15 is 0 Å². The first-order chi connectivity index (χ1) is 10.4. The molecule has 8 heteroatoms. The fourth-order valence-electron chi connectivity index (χ4n) is 1.27. The van der Waals surface area contributed by atoms with Gasteiger partial charge in [0.05, 0.1) is 16.7 Å². The zero-order chi connectivity index (χ0) is 16.7. The molecular weight excluding hydrogens is 370 g/mol. The fourth-order valence-corrected chi connectivity index (χ4v) is 1.83. The van der Waals surface area contributed by atoms with Crippen LogP contribution in [0.3, 0.4) is 0 Å². The molecule has 0 spiro atoms. The van der Waals surface area contributed by atoms with Gasteiger partial charge in [-0.2, -0.15) is 0 Å². The molecule has 0 aliphatic heterocycles. The molecule has 0 aliphatic carbocycles. The monoisotopic (exact) mass is 380 g/mol. The number of hydrogen-bond acceptors (Lipinski definition) is 4. The van der Waals surface area contributed by atoms with Crippen LogP contribution in [0.25, 0.3) is 6.08 Å². The average Bonchev–Trinajstić information content (AvgIpc) is 2.52. The summed E-state index contributed by atoms with van der Waals surface area (Å²) in [5.41, 5.74) is 1.32. The van der Waals surface area contributed by atoms with Crippen LogP contribution >= 0.6 is 46.4 Å². The lowest BCUT2D eigenvalue weighted by molar-refractivity contribution is 0.0953. The van der Waals surface area contributed by atoms with E-state index in [9.17, 15) is 0 Å². The second-order valence-corrected chi connectivity index (χ2v) is 5.52. The van der Waals surface area contributed by atoms with E-state index in [1.165, 1.54) is 12.3 Å². The smallest absolute Gasteiger partial charge is 0.147 e. The van der Waals surface area contributed by atoms with E-state index in [2.05, 4.69) is 16.5 Å². The molecule has 0 aromatic carbocycles. The molecule has 0 amide bonds.